The Kier molecular flexibility index (Phi) is 0.974. The normalized spacial score (nSPS) is 10.5. The number of imidazole rings is 1. The van der Waals surface area contributed by atoms with Crippen molar-refractivity contribution in [3.05, 3.63) is 24.8 Å². The molecule has 2 rings (SSSR count). The van der Waals surface area contributed by atoms with Gasteiger partial charge in [-0.15, -0.1) is 0 Å². The van der Waals surface area contributed by atoms with Crippen LogP contribution in [-0.2, 0) is 7.05 Å². The van der Waals surface area contributed by atoms with E-state index >= 15 is 0 Å². The predicted octanol–water partition coefficient (Wildman–Crippen LogP) is 0.920. The van der Waals surface area contributed by atoms with Crippen LogP contribution < -0.4 is 0 Å². The van der Waals surface area contributed by atoms with E-state index in [2.05, 4.69) is 9.97 Å². The van der Waals surface area contributed by atoms with Gasteiger partial charge in [0.25, 0.3) is 0 Å². The molecule has 2 aliphatic rings. The first-order valence-electron chi connectivity index (χ1n) is 3.09. The number of aromatic nitrogens is 3. The van der Waals surface area contributed by atoms with Gasteiger partial charge in [-0.05, 0) is 6.07 Å². The highest BCUT2D eigenvalue weighted by atomic mass is 15.0. The second-order valence-electron chi connectivity index (χ2n) is 2.25. The average molecular weight is 133 g/mol. The van der Waals surface area contributed by atoms with E-state index < -0.39 is 0 Å². The predicted molar refractivity (Wildman–Crippen MR) is 37.6 cm³/mol. The summed E-state index contributed by atoms with van der Waals surface area (Å²) in [5.74, 6) is 0. The fraction of sp³-hybridized carbons (Fsp3) is 0.143. The third-order valence-corrected chi connectivity index (χ3v) is 1.45. The smallest absolute Gasteiger partial charge is 0.116 e. The molecule has 0 atom stereocenters. The molecule has 0 aromatic heterocycles. The topological polar surface area (TPSA) is 30.7 Å². The lowest BCUT2D eigenvalue weighted by Gasteiger charge is -1.98. The zero-order chi connectivity index (χ0) is 6.97. The summed E-state index contributed by atoms with van der Waals surface area (Å²) in [4.78, 5) is 8.08. The SMILES string of the molecule is Cn1ccc2ncnc-2c1. The summed E-state index contributed by atoms with van der Waals surface area (Å²) in [6, 6.07) is 1.95. The molecule has 3 heteroatoms. The Labute approximate surface area is 58.7 Å². The number of nitrogens with zero attached hydrogens (tertiary/aromatic N) is 3. The summed E-state index contributed by atoms with van der Waals surface area (Å²) in [6.45, 7) is 0. The van der Waals surface area contributed by atoms with Crippen molar-refractivity contribution in [1.29, 1.82) is 0 Å². The third kappa shape index (κ3) is 0.673. The second-order valence-corrected chi connectivity index (χ2v) is 2.25. The molecule has 0 saturated carbocycles. The van der Waals surface area contributed by atoms with Gasteiger partial charge in [-0.2, -0.15) is 0 Å². The first-order chi connectivity index (χ1) is 4.86. The fourth-order valence-corrected chi connectivity index (χ4v) is 0.938. The molecule has 0 spiro atoms. The van der Waals surface area contributed by atoms with E-state index in [0.29, 0.717) is 0 Å². The van der Waals surface area contributed by atoms with Gasteiger partial charge in [0.05, 0.1) is 5.69 Å². The van der Waals surface area contributed by atoms with E-state index in [4.69, 9.17) is 0 Å². The minimum absolute atomic E-state index is 0.949. The first-order valence-corrected chi connectivity index (χ1v) is 3.09. The largest absolute Gasteiger partial charge is 0.355 e. The molecule has 2 aliphatic heterocycles. The fourth-order valence-electron chi connectivity index (χ4n) is 0.938. The molecule has 0 aromatic rings. The van der Waals surface area contributed by atoms with Crippen LogP contribution in [0.1, 0.15) is 0 Å². The lowest BCUT2D eigenvalue weighted by atomic mass is 10.3. The minimum atomic E-state index is 0.949. The summed E-state index contributed by atoms with van der Waals surface area (Å²) in [5.41, 5.74) is 1.91. The van der Waals surface area contributed by atoms with Gasteiger partial charge in [0, 0.05) is 19.4 Å². The van der Waals surface area contributed by atoms with Crippen LogP contribution in [0, 0.1) is 0 Å². The summed E-state index contributed by atoms with van der Waals surface area (Å²) < 4.78 is 1.96. The Balaban J connectivity index is 2.75. The zero-order valence-electron chi connectivity index (χ0n) is 5.65. The molecule has 0 saturated heterocycles. The quantitative estimate of drug-likeness (QED) is 0.535. The average Bonchev–Trinajstić information content (AvgIpc) is 2.33. The Hall–Kier alpha value is -1.38. The first kappa shape index (κ1) is 5.41. The molecule has 0 N–H and O–H groups in total. The van der Waals surface area contributed by atoms with Crippen LogP contribution in [0.5, 0.6) is 0 Å². The Morgan fingerprint density at radius 3 is 3.00 bits per heavy atom. The van der Waals surface area contributed by atoms with Gasteiger partial charge >= 0.3 is 0 Å². The van der Waals surface area contributed by atoms with Crippen molar-refractivity contribution in [1.82, 2.24) is 14.5 Å². The molecule has 0 radical (unpaired) electrons. The minimum Gasteiger partial charge on any atom is -0.355 e. The maximum Gasteiger partial charge on any atom is 0.116 e. The molecule has 10 heavy (non-hydrogen) atoms. The van der Waals surface area contributed by atoms with Crippen molar-refractivity contribution in [2.24, 2.45) is 7.05 Å². The van der Waals surface area contributed by atoms with E-state index in [9.17, 15) is 0 Å². The molecule has 2 heterocycles. The Bertz CT molecular complexity index is 313. The molecule has 3 nitrogen and oxygen atoms in total. The summed E-state index contributed by atoms with van der Waals surface area (Å²) in [6.07, 6.45) is 5.48. The van der Waals surface area contributed by atoms with Gasteiger partial charge in [0.1, 0.15) is 12.0 Å². The zero-order valence-corrected chi connectivity index (χ0v) is 5.65. The molecule has 0 aromatic carbocycles. The van der Waals surface area contributed by atoms with E-state index in [1.807, 2.05) is 30.1 Å². The maximum absolute atomic E-state index is 4.05. The van der Waals surface area contributed by atoms with Crippen molar-refractivity contribution in [3.63, 3.8) is 0 Å². The van der Waals surface area contributed by atoms with Crippen LogP contribution in [-0.4, -0.2) is 14.5 Å². The van der Waals surface area contributed by atoms with Crippen LogP contribution >= 0.6 is 0 Å². The van der Waals surface area contributed by atoms with Crippen LogP contribution in [0.15, 0.2) is 24.8 Å². The van der Waals surface area contributed by atoms with Crippen LogP contribution in [0.25, 0.3) is 11.4 Å². The van der Waals surface area contributed by atoms with E-state index in [1.54, 1.807) is 6.33 Å². The number of pyridine rings is 1. The molecular formula is C7H7N3. The Morgan fingerprint density at radius 1 is 1.30 bits per heavy atom. The summed E-state index contributed by atoms with van der Waals surface area (Å²) >= 11 is 0. The third-order valence-electron chi connectivity index (χ3n) is 1.45. The maximum atomic E-state index is 4.05. The van der Waals surface area contributed by atoms with Crippen molar-refractivity contribution in [2.75, 3.05) is 0 Å². The van der Waals surface area contributed by atoms with Gasteiger partial charge in [0.15, 0.2) is 0 Å². The van der Waals surface area contributed by atoms with E-state index in [0.717, 1.165) is 11.4 Å². The number of aryl methyl sites for hydroxylation is 1. The molecule has 0 bridgehead atoms. The Morgan fingerprint density at radius 2 is 2.10 bits per heavy atom. The standard InChI is InChI=1S/C7H7N3/c1-10-3-2-6-7(4-10)9-5-8-6/h2-5H,1H3. The lowest BCUT2D eigenvalue weighted by molar-refractivity contribution is 0.901. The van der Waals surface area contributed by atoms with Gasteiger partial charge in [-0.1, -0.05) is 0 Å². The molecule has 0 amide bonds. The van der Waals surface area contributed by atoms with Crippen LogP contribution in [0.4, 0.5) is 0 Å². The molecule has 0 aliphatic carbocycles. The summed E-state index contributed by atoms with van der Waals surface area (Å²) in [7, 11) is 1.97. The van der Waals surface area contributed by atoms with Gasteiger partial charge in [-0.3, -0.25) is 0 Å². The van der Waals surface area contributed by atoms with Crippen LogP contribution in [0.3, 0.4) is 0 Å². The molecule has 50 valence electrons. The van der Waals surface area contributed by atoms with Crippen molar-refractivity contribution >= 4 is 0 Å². The van der Waals surface area contributed by atoms with Gasteiger partial charge in [-0.25, -0.2) is 9.97 Å². The number of fused-ring (bicyclic) bond motifs is 1. The van der Waals surface area contributed by atoms with Crippen molar-refractivity contribution < 1.29 is 0 Å². The number of hydrogen-bond acceptors (Lipinski definition) is 2. The lowest BCUT2D eigenvalue weighted by Crippen LogP contribution is -1.90. The highest BCUT2D eigenvalue weighted by Crippen LogP contribution is 2.13. The molecule has 0 fully saturated rings. The number of hydrogen-bond donors (Lipinski definition) is 0. The van der Waals surface area contributed by atoms with Gasteiger partial charge < -0.3 is 4.57 Å². The monoisotopic (exact) mass is 133 g/mol. The van der Waals surface area contributed by atoms with E-state index in [1.165, 1.54) is 0 Å². The van der Waals surface area contributed by atoms with Crippen molar-refractivity contribution in [3.8, 4) is 11.4 Å². The summed E-state index contributed by atoms with van der Waals surface area (Å²) in [5, 5.41) is 0. The van der Waals surface area contributed by atoms with Crippen molar-refractivity contribution in [2.45, 2.75) is 0 Å². The highest BCUT2D eigenvalue weighted by molar-refractivity contribution is 5.53. The van der Waals surface area contributed by atoms with E-state index in [-0.39, 0.29) is 0 Å². The van der Waals surface area contributed by atoms with Gasteiger partial charge in [0.2, 0.25) is 0 Å². The molecule has 0 unspecified atom stereocenters. The second kappa shape index (κ2) is 1.80. The van der Waals surface area contributed by atoms with Crippen LogP contribution in [0.2, 0.25) is 0 Å². The molecular weight excluding hydrogens is 126 g/mol. The number of rotatable bonds is 0. The highest BCUT2D eigenvalue weighted by Gasteiger charge is 2.01.